The van der Waals surface area contributed by atoms with Crippen LogP contribution in [0, 0.1) is 0 Å². The molecule has 0 spiro atoms. The molecule has 9 nitrogen and oxygen atoms in total. The molecule has 0 bridgehead atoms. The van der Waals surface area contributed by atoms with Crippen LogP contribution in [0.1, 0.15) is 6.92 Å². The Kier molecular flexibility index (Phi) is 4.46. The maximum absolute atomic E-state index is 12.7. The summed E-state index contributed by atoms with van der Waals surface area (Å²) in [5.41, 5.74) is 1.82. The average Bonchev–Trinajstić information content (AvgIpc) is 3.06. The van der Waals surface area contributed by atoms with E-state index in [0.29, 0.717) is 41.8 Å². The third-order valence-corrected chi connectivity index (χ3v) is 4.99. The van der Waals surface area contributed by atoms with Gasteiger partial charge in [0.1, 0.15) is 0 Å². The number of hydrogen-bond donors (Lipinski definition) is 1. The summed E-state index contributed by atoms with van der Waals surface area (Å²) in [6, 6.07) is 7.45. The Morgan fingerprint density at radius 2 is 1.86 bits per heavy atom. The summed E-state index contributed by atoms with van der Waals surface area (Å²) in [5, 5.41) is 10.3. The second-order valence-corrected chi connectivity index (χ2v) is 7.20. The highest BCUT2D eigenvalue weighted by molar-refractivity contribution is 6.30. The lowest BCUT2D eigenvalue weighted by molar-refractivity contribution is 0.700. The van der Waals surface area contributed by atoms with Crippen molar-refractivity contribution in [3.8, 4) is 0 Å². The second kappa shape index (κ2) is 6.83. The van der Waals surface area contributed by atoms with E-state index in [1.165, 1.54) is 11.6 Å². The molecule has 0 radical (unpaired) electrons. The lowest BCUT2D eigenvalue weighted by atomic mass is 10.3. The molecular weight excluding hydrogens is 382 g/mol. The zero-order chi connectivity index (χ0) is 20.0. The highest BCUT2D eigenvalue weighted by Crippen LogP contribution is 2.23. The van der Waals surface area contributed by atoms with Gasteiger partial charge in [0, 0.05) is 31.4 Å². The SMILES string of the molecule is CC1=NN(CCNc2ccc(Cl)cc2)c2nc3c(c(=O)n(C)c(=O)n3C)n2C1. The zero-order valence-electron chi connectivity index (χ0n) is 15.8. The predicted octanol–water partition coefficient (Wildman–Crippen LogP) is 1.40. The molecule has 1 N–H and O–H groups in total. The number of aryl methyl sites for hydroxylation is 1. The average molecular weight is 402 g/mol. The van der Waals surface area contributed by atoms with Crippen LogP contribution in [0.25, 0.3) is 11.2 Å². The number of imidazole rings is 1. The van der Waals surface area contributed by atoms with Gasteiger partial charge in [0.2, 0.25) is 5.95 Å². The smallest absolute Gasteiger partial charge is 0.332 e. The summed E-state index contributed by atoms with van der Waals surface area (Å²) >= 11 is 5.91. The van der Waals surface area contributed by atoms with Gasteiger partial charge in [0.15, 0.2) is 11.2 Å². The summed E-state index contributed by atoms with van der Waals surface area (Å²) in [4.78, 5) is 29.5. The van der Waals surface area contributed by atoms with E-state index in [9.17, 15) is 9.59 Å². The third kappa shape index (κ3) is 2.97. The number of anilines is 2. The molecule has 3 aromatic rings. The molecule has 28 heavy (non-hydrogen) atoms. The van der Waals surface area contributed by atoms with Crippen molar-refractivity contribution in [1.29, 1.82) is 0 Å². The fourth-order valence-electron chi connectivity index (χ4n) is 3.32. The van der Waals surface area contributed by atoms with E-state index in [1.807, 2.05) is 35.8 Å². The van der Waals surface area contributed by atoms with Gasteiger partial charge in [-0.2, -0.15) is 10.1 Å². The monoisotopic (exact) mass is 401 g/mol. The molecule has 2 aromatic heterocycles. The third-order valence-electron chi connectivity index (χ3n) is 4.73. The van der Waals surface area contributed by atoms with Gasteiger partial charge in [0.25, 0.3) is 5.56 Å². The molecule has 0 atom stereocenters. The molecule has 0 saturated carbocycles. The number of nitrogens with zero attached hydrogens (tertiary/aromatic N) is 6. The molecular formula is C18H20ClN7O2. The van der Waals surface area contributed by atoms with Gasteiger partial charge in [-0.05, 0) is 31.2 Å². The van der Waals surface area contributed by atoms with E-state index in [4.69, 9.17) is 11.6 Å². The van der Waals surface area contributed by atoms with Crippen LogP contribution in [0.5, 0.6) is 0 Å². The Balaban J connectivity index is 1.67. The van der Waals surface area contributed by atoms with Crippen molar-refractivity contribution >= 4 is 40.1 Å². The van der Waals surface area contributed by atoms with Crippen molar-refractivity contribution < 1.29 is 0 Å². The Morgan fingerprint density at radius 1 is 1.14 bits per heavy atom. The van der Waals surface area contributed by atoms with E-state index in [-0.39, 0.29) is 5.56 Å². The maximum Gasteiger partial charge on any atom is 0.332 e. The van der Waals surface area contributed by atoms with Crippen molar-refractivity contribution in [3.63, 3.8) is 0 Å². The molecule has 0 aliphatic carbocycles. The van der Waals surface area contributed by atoms with Crippen LogP contribution in [-0.4, -0.2) is 37.5 Å². The van der Waals surface area contributed by atoms with Gasteiger partial charge in [0.05, 0.1) is 18.8 Å². The number of aromatic nitrogens is 4. The highest BCUT2D eigenvalue weighted by atomic mass is 35.5. The number of hydrogen-bond acceptors (Lipinski definition) is 6. The maximum atomic E-state index is 12.7. The van der Waals surface area contributed by atoms with Gasteiger partial charge in [-0.15, -0.1) is 0 Å². The molecule has 4 rings (SSSR count). The topological polar surface area (TPSA) is 89.5 Å². The van der Waals surface area contributed by atoms with Crippen LogP contribution >= 0.6 is 11.6 Å². The van der Waals surface area contributed by atoms with Crippen molar-refractivity contribution in [1.82, 2.24) is 18.7 Å². The lowest BCUT2D eigenvalue weighted by Gasteiger charge is -2.25. The molecule has 1 aliphatic heterocycles. The number of nitrogens with one attached hydrogen (secondary N) is 1. The summed E-state index contributed by atoms with van der Waals surface area (Å²) in [7, 11) is 3.09. The van der Waals surface area contributed by atoms with Gasteiger partial charge in [-0.25, -0.2) is 9.80 Å². The first-order valence-corrected chi connectivity index (χ1v) is 9.22. The standard InChI is InChI=1S/C18H20ClN7O2/c1-11-10-25-14-15(23(2)18(28)24(3)16(14)27)21-17(25)26(22-11)9-8-20-13-6-4-12(19)5-7-13/h4-7,20H,8-10H2,1-3H3. The Hall–Kier alpha value is -3.07. The molecule has 3 heterocycles. The number of rotatable bonds is 4. The zero-order valence-corrected chi connectivity index (χ0v) is 16.6. The van der Waals surface area contributed by atoms with Crippen LogP contribution in [0.15, 0.2) is 39.0 Å². The first-order valence-electron chi connectivity index (χ1n) is 8.84. The van der Waals surface area contributed by atoms with Crippen LogP contribution in [0.3, 0.4) is 0 Å². The summed E-state index contributed by atoms with van der Waals surface area (Å²) in [6.07, 6.45) is 0. The predicted molar refractivity (Wildman–Crippen MR) is 111 cm³/mol. The molecule has 10 heteroatoms. The lowest BCUT2D eigenvalue weighted by Crippen LogP contribution is -2.38. The first kappa shape index (κ1) is 18.3. The van der Waals surface area contributed by atoms with E-state index in [2.05, 4.69) is 15.4 Å². The molecule has 1 aliphatic rings. The molecule has 0 unspecified atom stereocenters. The van der Waals surface area contributed by atoms with Crippen LogP contribution in [0.2, 0.25) is 5.02 Å². The first-order chi connectivity index (χ1) is 13.4. The summed E-state index contributed by atoms with van der Waals surface area (Å²) in [5.74, 6) is 0.553. The fraction of sp³-hybridized carbons (Fsp3) is 0.333. The molecule has 0 saturated heterocycles. The number of fused-ring (bicyclic) bond motifs is 3. The fourth-order valence-corrected chi connectivity index (χ4v) is 3.44. The number of halogens is 1. The van der Waals surface area contributed by atoms with Crippen LogP contribution in [0.4, 0.5) is 11.6 Å². The van der Waals surface area contributed by atoms with Gasteiger partial charge in [-0.1, -0.05) is 11.6 Å². The molecule has 1 aromatic carbocycles. The van der Waals surface area contributed by atoms with Crippen molar-refractivity contribution in [3.05, 3.63) is 50.1 Å². The summed E-state index contributed by atoms with van der Waals surface area (Å²) in [6.45, 7) is 3.51. The molecule has 0 fully saturated rings. The van der Waals surface area contributed by atoms with E-state index in [1.54, 1.807) is 12.1 Å². The van der Waals surface area contributed by atoms with Crippen molar-refractivity contribution in [2.75, 3.05) is 23.4 Å². The van der Waals surface area contributed by atoms with Crippen LogP contribution < -0.4 is 21.6 Å². The Labute approximate surface area is 165 Å². The second-order valence-electron chi connectivity index (χ2n) is 6.77. The number of hydrazone groups is 1. The van der Waals surface area contributed by atoms with Gasteiger partial charge >= 0.3 is 5.69 Å². The van der Waals surface area contributed by atoms with E-state index < -0.39 is 5.69 Å². The van der Waals surface area contributed by atoms with Crippen LogP contribution in [-0.2, 0) is 20.6 Å². The normalized spacial score (nSPS) is 13.6. The van der Waals surface area contributed by atoms with E-state index >= 15 is 0 Å². The molecule has 146 valence electrons. The molecule has 0 amide bonds. The Morgan fingerprint density at radius 3 is 2.57 bits per heavy atom. The van der Waals surface area contributed by atoms with Crippen molar-refractivity contribution in [2.24, 2.45) is 19.2 Å². The Bertz CT molecular complexity index is 1200. The minimum absolute atomic E-state index is 0.356. The summed E-state index contributed by atoms with van der Waals surface area (Å²) < 4.78 is 4.31. The van der Waals surface area contributed by atoms with Gasteiger partial charge in [-0.3, -0.25) is 18.5 Å². The van der Waals surface area contributed by atoms with Gasteiger partial charge < -0.3 is 5.32 Å². The van der Waals surface area contributed by atoms with E-state index in [0.717, 1.165) is 16.0 Å². The number of benzene rings is 1. The quantitative estimate of drug-likeness (QED) is 0.713. The largest absolute Gasteiger partial charge is 0.383 e. The highest BCUT2D eigenvalue weighted by Gasteiger charge is 2.25. The van der Waals surface area contributed by atoms with Crippen molar-refractivity contribution in [2.45, 2.75) is 13.5 Å². The minimum Gasteiger partial charge on any atom is -0.383 e. The minimum atomic E-state index is -0.401.